The number of nitrogens with zero attached hydrogens (tertiary/aromatic N) is 2. The first-order valence-corrected chi connectivity index (χ1v) is 11.2. The molecule has 0 radical (unpaired) electrons. The van der Waals surface area contributed by atoms with Gasteiger partial charge in [0.2, 0.25) is 5.82 Å². The zero-order chi connectivity index (χ0) is 22.9. The van der Waals surface area contributed by atoms with E-state index in [9.17, 15) is 13.9 Å². The lowest BCUT2D eigenvalue weighted by molar-refractivity contribution is 0.0566. The fraction of sp³-hybridized carbons (Fsp3) is 0.385. The number of unbranched alkanes of at least 4 members (excludes halogenated alkanes) is 3. The summed E-state index contributed by atoms with van der Waals surface area (Å²) in [6, 6.07) is 7.64. The van der Waals surface area contributed by atoms with Crippen molar-refractivity contribution in [2.24, 2.45) is 0 Å². The third-order valence-electron chi connectivity index (χ3n) is 5.37. The first-order chi connectivity index (χ1) is 15.5. The second kappa shape index (κ2) is 11.7. The average Bonchev–Trinajstić information content (AvgIpc) is 2.80. The minimum atomic E-state index is -1.25. The zero-order valence-corrected chi connectivity index (χ0v) is 18.7. The summed E-state index contributed by atoms with van der Waals surface area (Å²) < 4.78 is 33.7. The van der Waals surface area contributed by atoms with Gasteiger partial charge in [-0.15, -0.1) is 0 Å². The molecule has 2 aromatic carbocycles. The van der Waals surface area contributed by atoms with Crippen LogP contribution in [0.15, 0.2) is 42.6 Å². The molecule has 3 aromatic rings. The van der Waals surface area contributed by atoms with Gasteiger partial charge in [0, 0.05) is 23.8 Å². The molecule has 6 heteroatoms. The molecule has 0 fully saturated rings. The van der Waals surface area contributed by atoms with Crippen molar-refractivity contribution >= 4 is 17.0 Å². The molecule has 32 heavy (non-hydrogen) atoms. The molecule has 1 N–H and O–H groups in total. The van der Waals surface area contributed by atoms with Crippen LogP contribution in [0.25, 0.3) is 28.1 Å². The monoisotopic (exact) mass is 440 g/mol. The largest absolute Gasteiger partial charge is 0.505 e. The first-order valence-electron chi connectivity index (χ1n) is 11.2. The number of hydrogen-bond donors (Lipinski definition) is 1. The number of aromatic hydroxyl groups is 1. The number of halogens is 2. The van der Waals surface area contributed by atoms with Crippen LogP contribution in [-0.2, 0) is 4.74 Å². The summed E-state index contributed by atoms with van der Waals surface area (Å²) in [5.74, 6) is -2.43. The Morgan fingerprint density at radius 1 is 1.09 bits per heavy atom. The van der Waals surface area contributed by atoms with E-state index in [-0.39, 0.29) is 11.7 Å². The predicted molar refractivity (Wildman–Crippen MR) is 124 cm³/mol. The molecule has 0 aliphatic rings. The van der Waals surface area contributed by atoms with Gasteiger partial charge >= 0.3 is 0 Å². The molecular weight excluding hydrogens is 410 g/mol. The molecule has 0 aliphatic heterocycles. The predicted octanol–water partition coefficient (Wildman–Crippen LogP) is 7.06. The van der Waals surface area contributed by atoms with Gasteiger partial charge in [-0.2, -0.15) is 4.39 Å². The van der Waals surface area contributed by atoms with E-state index in [1.807, 2.05) is 6.08 Å². The van der Waals surface area contributed by atoms with Crippen LogP contribution in [0.5, 0.6) is 5.75 Å². The minimum absolute atomic E-state index is 0.0785. The number of fused-ring (bicyclic) bond motifs is 1. The zero-order valence-electron chi connectivity index (χ0n) is 18.7. The topological polar surface area (TPSA) is 55.2 Å². The third kappa shape index (κ3) is 6.33. The molecule has 0 aliphatic carbocycles. The summed E-state index contributed by atoms with van der Waals surface area (Å²) >= 11 is 0. The van der Waals surface area contributed by atoms with Gasteiger partial charge in [-0.25, -0.2) is 14.4 Å². The van der Waals surface area contributed by atoms with Gasteiger partial charge in [-0.3, -0.25) is 0 Å². The molecule has 3 rings (SSSR count). The van der Waals surface area contributed by atoms with Gasteiger partial charge in [-0.05, 0) is 68.5 Å². The number of allylic oxidation sites excluding steroid dienone is 1. The Kier molecular flexibility index (Phi) is 8.68. The summed E-state index contributed by atoms with van der Waals surface area (Å²) in [7, 11) is 0. The molecule has 1 unspecified atom stereocenters. The average molecular weight is 441 g/mol. The number of benzene rings is 2. The molecular formula is C26H30F2N2O2. The highest BCUT2D eigenvalue weighted by Crippen LogP contribution is 2.30. The van der Waals surface area contributed by atoms with E-state index in [1.165, 1.54) is 18.9 Å². The van der Waals surface area contributed by atoms with E-state index in [2.05, 4.69) is 29.9 Å². The summed E-state index contributed by atoms with van der Waals surface area (Å²) in [6.07, 6.45) is 12.4. The van der Waals surface area contributed by atoms with E-state index in [4.69, 9.17) is 4.74 Å². The molecule has 0 bridgehead atoms. The third-order valence-corrected chi connectivity index (χ3v) is 5.37. The standard InChI is InChI=1S/C26H30F2N2O2/c1-3-4-8-15-32-18(2)9-6-5-7-10-24-29-17-20-16-19(11-13-22(20)30-24)21-12-14-23(31)26(28)25(21)27/h7,10-14,16-18,31H,3-6,8-9,15H2,1-2H3/b10-7+. The SMILES string of the molecule is CCCCCOC(C)CCC/C=C/c1ncc2cc(-c3ccc(O)c(F)c3F)ccc2n1. The van der Waals surface area contributed by atoms with E-state index in [1.54, 1.807) is 24.4 Å². The van der Waals surface area contributed by atoms with Crippen molar-refractivity contribution in [3.05, 3.63) is 60.1 Å². The van der Waals surface area contributed by atoms with Crippen LogP contribution in [0.3, 0.4) is 0 Å². The number of hydrogen-bond acceptors (Lipinski definition) is 4. The van der Waals surface area contributed by atoms with Crippen molar-refractivity contribution in [2.45, 2.75) is 58.5 Å². The fourth-order valence-electron chi connectivity index (χ4n) is 3.49. The fourth-order valence-corrected chi connectivity index (χ4v) is 3.49. The summed E-state index contributed by atoms with van der Waals surface area (Å²) in [6.45, 7) is 5.15. The number of phenolic OH excluding ortho intramolecular Hbond substituents is 1. The molecule has 1 atom stereocenters. The van der Waals surface area contributed by atoms with Crippen LogP contribution in [0, 0.1) is 11.6 Å². The molecule has 4 nitrogen and oxygen atoms in total. The van der Waals surface area contributed by atoms with Crippen LogP contribution in [-0.4, -0.2) is 27.8 Å². The second-order valence-electron chi connectivity index (χ2n) is 7.98. The number of aromatic nitrogens is 2. The Morgan fingerprint density at radius 2 is 1.94 bits per heavy atom. The lowest BCUT2D eigenvalue weighted by atomic mass is 10.0. The molecule has 0 saturated heterocycles. The highest BCUT2D eigenvalue weighted by molar-refractivity contribution is 5.84. The van der Waals surface area contributed by atoms with Crippen molar-refractivity contribution in [1.29, 1.82) is 0 Å². The Balaban J connectivity index is 1.57. The normalized spacial score (nSPS) is 12.6. The van der Waals surface area contributed by atoms with Crippen LogP contribution < -0.4 is 0 Å². The van der Waals surface area contributed by atoms with Crippen LogP contribution in [0.4, 0.5) is 8.78 Å². The quantitative estimate of drug-likeness (QED) is 0.324. The van der Waals surface area contributed by atoms with E-state index < -0.39 is 17.4 Å². The Morgan fingerprint density at radius 3 is 2.75 bits per heavy atom. The molecule has 170 valence electrons. The van der Waals surface area contributed by atoms with E-state index >= 15 is 0 Å². The lowest BCUT2D eigenvalue weighted by Gasteiger charge is -2.11. The van der Waals surface area contributed by atoms with Crippen LogP contribution in [0.2, 0.25) is 0 Å². The highest BCUT2D eigenvalue weighted by atomic mass is 19.2. The maximum absolute atomic E-state index is 14.2. The van der Waals surface area contributed by atoms with Crippen molar-refractivity contribution in [3.63, 3.8) is 0 Å². The Hall–Kier alpha value is -2.86. The van der Waals surface area contributed by atoms with Gasteiger partial charge in [0.05, 0.1) is 11.6 Å². The molecule has 0 spiro atoms. The van der Waals surface area contributed by atoms with Crippen LogP contribution >= 0.6 is 0 Å². The van der Waals surface area contributed by atoms with E-state index in [0.29, 0.717) is 11.4 Å². The molecule has 0 amide bonds. The van der Waals surface area contributed by atoms with Gasteiger partial charge in [0.15, 0.2) is 17.4 Å². The summed E-state index contributed by atoms with van der Waals surface area (Å²) in [5, 5.41) is 10.0. The van der Waals surface area contributed by atoms with Crippen molar-refractivity contribution in [2.75, 3.05) is 6.61 Å². The maximum atomic E-state index is 14.2. The van der Waals surface area contributed by atoms with Crippen molar-refractivity contribution < 1.29 is 18.6 Å². The van der Waals surface area contributed by atoms with Crippen LogP contribution in [0.1, 0.15) is 58.2 Å². The van der Waals surface area contributed by atoms with Gasteiger partial charge < -0.3 is 9.84 Å². The van der Waals surface area contributed by atoms with Crippen molar-refractivity contribution in [3.8, 4) is 16.9 Å². The smallest absolute Gasteiger partial charge is 0.200 e. The number of phenols is 1. The molecule has 1 aromatic heterocycles. The highest BCUT2D eigenvalue weighted by Gasteiger charge is 2.14. The van der Waals surface area contributed by atoms with E-state index in [0.717, 1.165) is 49.3 Å². The Labute approximate surface area is 188 Å². The second-order valence-corrected chi connectivity index (χ2v) is 7.98. The first kappa shape index (κ1) is 23.8. The van der Waals surface area contributed by atoms with Gasteiger partial charge in [0.1, 0.15) is 0 Å². The summed E-state index contributed by atoms with van der Waals surface area (Å²) in [4.78, 5) is 8.88. The molecule has 1 heterocycles. The number of ether oxygens (including phenoxy) is 1. The van der Waals surface area contributed by atoms with Gasteiger partial charge in [0.25, 0.3) is 0 Å². The van der Waals surface area contributed by atoms with Gasteiger partial charge in [-0.1, -0.05) is 31.9 Å². The lowest BCUT2D eigenvalue weighted by Crippen LogP contribution is -2.08. The summed E-state index contributed by atoms with van der Waals surface area (Å²) in [5.41, 5.74) is 1.29. The Bertz CT molecular complexity index is 1070. The molecule has 0 saturated carbocycles. The van der Waals surface area contributed by atoms with Crippen molar-refractivity contribution in [1.82, 2.24) is 9.97 Å². The number of rotatable bonds is 11. The maximum Gasteiger partial charge on any atom is 0.200 e. The minimum Gasteiger partial charge on any atom is -0.505 e.